The highest BCUT2D eigenvalue weighted by Gasteiger charge is 2.62. The Morgan fingerprint density at radius 2 is 1.92 bits per heavy atom. The first kappa shape index (κ1) is 27.2. The average Bonchev–Trinajstić information content (AvgIpc) is 3.17. The molecule has 0 spiro atoms. The van der Waals surface area contributed by atoms with Crippen molar-refractivity contribution < 1.29 is 40.4 Å². The highest BCUT2D eigenvalue weighted by Crippen LogP contribution is 2.51. The van der Waals surface area contributed by atoms with Crippen LogP contribution >= 0.6 is 22.9 Å². The van der Waals surface area contributed by atoms with Gasteiger partial charge in [0.25, 0.3) is 11.5 Å². The number of thiophene rings is 1. The number of nitriles is 1. The minimum atomic E-state index is -5.34. The Morgan fingerprint density at radius 3 is 2.46 bits per heavy atom. The SMILES string of the molecule is Cc1cc(C2=NO[C@](c3cc(C(F)(F)F)cc(Cl)c3F)(C(F)(F)F)CC2)sc1C(=O)N[C@H]1C[C@@H](C#N)C1. The van der Waals surface area contributed by atoms with Gasteiger partial charge in [-0.2, -0.15) is 31.6 Å². The molecule has 1 fully saturated rings. The van der Waals surface area contributed by atoms with Crippen LogP contribution in [-0.4, -0.2) is 23.8 Å². The Hall–Kier alpha value is -2.85. The number of halogens is 8. The van der Waals surface area contributed by atoms with E-state index in [9.17, 15) is 35.5 Å². The maximum absolute atomic E-state index is 14.7. The number of alkyl halides is 6. The Balaban J connectivity index is 1.63. The van der Waals surface area contributed by atoms with Gasteiger partial charge < -0.3 is 10.2 Å². The summed E-state index contributed by atoms with van der Waals surface area (Å²) in [6, 6.07) is 3.71. The van der Waals surface area contributed by atoms with E-state index in [1.165, 1.54) is 6.07 Å². The third-order valence-electron chi connectivity index (χ3n) is 6.34. The zero-order chi connectivity index (χ0) is 27.3. The van der Waals surface area contributed by atoms with E-state index in [0.717, 1.165) is 11.3 Å². The van der Waals surface area contributed by atoms with E-state index >= 15 is 0 Å². The molecule has 2 heterocycles. The van der Waals surface area contributed by atoms with Gasteiger partial charge in [-0.15, -0.1) is 11.3 Å². The molecule has 1 aliphatic heterocycles. The number of oxime groups is 1. The molecule has 1 aromatic heterocycles. The zero-order valence-corrected chi connectivity index (χ0v) is 20.4. The minimum absolute atomic E-state index is 0.0266. The van der Waals surface area contributed by atoms with Crippen LogP contribution in [0.2, 0.25) is 5.02 Å². The van der Waals surface area contributed by atoms with Gasteiger partial charge in [0.15, 0.2) is 0 Å². The molecule has 37 heavy (non-hydrogen) atoms. The number of nitrogens with one attached hydrogen (secondary N) is 1. The summed E-state index contributed by atoms with van der Waals surface area (Å²) >= 11 is 6.47. The molecule has 1 N–H and O–H groups in total. The number of rotatable bonds is 4. The molecule has 0 bridgehead atoms. The van der Waals surface area contributed by atoms with Crippen molar-refractivity contribution in [2.75, 3.05) is 0 Å². The molecule has 0 saturated heterocycles. The minimum Gasteiger partial charge on any atom is -0.374 e. The van der Waals surface area contributed by atoms with Gasteiger partial charge in [-0.3, -0.25) is 4.79 Å². The molecule has 4 rings (SSSR count). The summed E-state index contributed by atoms with van der Waals surface area (Å²) in [6.07, 6.45) is -10.8. The highest BCUT2D eigenvalue weighted by molar-refractivity contribution is 7.16. The Labute approximate surface area is 214 Å². The summed E-state index contributed by atoms with van der Waals surface area (Å²) < 4.78 is 96.9. The number of hydrogen-bond acceptors (Lipinski definition) is 5. The van der Waals surface area contributed by atoms with E-state index in [-0.39, 0.29) is 29.8 Å². The van der Waals surface area contributed by atoms with Gasteiger partial charge in [0.1, 0.15) is 5.82 Å². The number of nitrogens with zero attached hydrogens (tertiary/aromatic N) is 2. The third kappa shape index (κ3) is 5.01. The number of aryl methyl sites for hydroxylation is 1. The molecular weight excluding hydrogens is 551 g/mol. The van der Waals surface area contributed by atoms with Crippen LogP contribution in [0.5, 0.6) is 0 Å². The summed E-state index contributed by atoms with van der Waals surface area (Å²) in [5.41, 5.74) is -5.92. The fourth-order valence-electron chi connectivity index (χ4n) is 4.21. The van der Waals surface area contributed by atoms with Crippen LogP contribution in [0.15, 0.2) is 23.4 Å². The van der Waals surface area contributed by atoms with Crippen LogP contribution < -0.4 is 5.32 Å². The van der Waals surface area contributed by atoms with Gasteiger partial charge in [0.2, 0.25) is 0 Å². The lowest BCUT2D eigenvalue weighted by molar-refractivity contribution is -0.292. The molecule has 0 unspecified atom stereocenters. The molecule has 14 heteroatoms. The van der Waals surface area contributed by atoms with Gasteiger partial charge in [0, 0.05) is 18.0 Å². The molecule has 1 aromatic carbocycles. The van der Waals surface area contributed by atoms with Crippen molar-refractivity contribution in [1.82, 2.24) is 5.32 Å². The standard InChI is InChI=1S/C23H17ClF7N3O2S/c1-10-4-17(37-19(10)20(35)33-13-5-11(6-13)9-32)16-2-3-21(36-34-16,23(29,30)31)14-7-12(22(26,27)28)8-15(24)18(14)25/h4,7-8,11,13H,2-3,5-6H2,1H3,(H,33,35)/t11-,13+,21-/m1/s1. The quantitative estimate of drug-likeness (QED) is 0.410. The molecule has 1 amide bonds. The Kier molecular flexibility index (Phi) is 6.96. The van der Waals surface area contributed by atoms with Crippen molar-refractivity contribution in [2.45, 2.75) is 56.6 Å². The van der Waals surface area contributed by atoms with Crippen molar-refractivity contribution in [3.05, 3.63) is 55.5 Å². The van der Waals surface area contributed by atoms with Gasteiger partial charge >= 0.3 is 12.4 Å². The molecular formula is C23H17ClF7N3O2S. The molecule has 5 nitrogen and oxygen atoms in total. The van der Waals surface area contributed by atoms with E-state index in [4.69, 9.17) is 21.7 Å². The summed E-state index contributed by atoms with van der Waals surface area (Å²) in [5, 5.41) is 14.0. The highest BCUT2D eigenvalue weighted by atomic mass is 35.5. The normalized spacial score (nSPS) is 23.9. The number of amides is 1. The van der Waals surface area contributed by atoms with Gasteiger partial charge in [-0.05, 0) is 49.9 Å². The predicted octanol–water partition coefficient (Wildman–Crippen LogP) is 6.87. The molecule has 2 aliphatic rings. The van der Waals surface area contributed by atoms with Gasteiger partial charge in [-0.25, -0.2) is 4.39 Å². The summed E-state index contributed by atoms with van der Waals surface area (Å²) in [7, 11) is 0. The van der Waals surface area contributed by atoms with Crippen LogP contribution in [0.25, 0.3) is 0 Å². The number of benzene rings is 1. The van der Waals surface area contributed by atoms with E-state index in [0.29, 0.717) is 28.2 Å². The third-order valence-corrected chi connectivity index (χ3v) is 7.90. The topological polar surface area (TPSA) is 74.5 Å². The molecule has 1 atom stereocenters. The van der Waals surface area contributed by atoms with Crippen LogP contribution in [-0.2, 0) is 16.6 Å². The van der Waals surface area contributed by atoms with E-state index < -0.39 is 58.7 Å². The van der Waals surface area contributed by atoms with E-state index in [1.54, 1.807) is 6.92 Å². The maximum atomic E-state index is 14.7. The van der Waals surface area contributed by atoms with Crippen LogP contribution in [0, 0.1) is 30.0 Å². The second-order valence-electron chi connectivity index (χ2n) is 8.86. The summed E-state index contributed by atoms with van der Waals surface area (Å²) in [5.74, 6) is -2.21. The maximum Gasteiger partial charge on any atom is 0.435 e. The molecule has 1 aliphatic carbocycles. The Bertz CT molecular complexity index is 1310. The molecule has 0 radical (unpaired) electrons. The molecule has 2 aromatic rings. The van der Waals surface area contributed by atoms with Crippen molar-refractivity contribution in [2.24, 2.45) is 11.1 Å². The van der Waals surface area contributed by atoms with Crippen molar-refractivity contribution in [1.29, 1.82) is 5.26 Å². The molecule has 198 valence electrons. The first-order valence-electron chi connectivity index (χ1n) is 10.9. The lowest BCUT2D eigenvalue weighted by Gasteiger charge is -2.37. The largest absolute Gasteiger partial charge is 0.435 e. The Morgan fingerprint density at radius 1 is 1.24 bits per heavy atom. The van der Waals surface area contributed by atoms with Crippen LogP contribution in [0.1, 0.15) is 56.9 Å². The number of hydrogen-bond donors (Lipinski definition) is 1. The second kappa shape index (κ2) is 9.47. The average molecular weight is 568 g/mol. The lowest BCUT2D eigenvalue weighted by atomic mass is 9.81. The lowest BCUT2D eigenvalue weighted by Crippen LogP contribution is -2.47. The van der Waals surface area contributed by atoms with Crippen LogP contribution in [0.4, 0.5) is 30.7 Å². The van der Waals surface area contributed by atoms with Gasteiger partial charge in [0.05, 0.1) is 38.0 Å². The first-order valence-corrected chi connectivity index (χ1v) is 12.1. The van der Waals surface area contributed by atoms with Crippen molar-refractivity contribution in [3.63, 3.8) is 0 Å². The van der Waals surface area contributed by atoms with Gasteiger partial charge in [-0.1, -0.05) is 16.8 Å². The second-order valence-corrected chi connectivity index (χ2v) is 10.3. The van der Waals surface area contributed by atoms with Crippen molar-refractivity contribution in [3.8, 4) is 6.07 Å². The number of carbonyl (C=O) groups excluding carboxylic acids is 1. The molecule has 1 saturated carbocycles. The fourth-order valence-corrected chi connectivity index (χ4v) is 5.51. The summed E-state index contributed by atoms with van der Waals surface area (Å²) in [6.45, 7) is 1.62. The zero-order valence-electron chi connectivity index (χ0n) is 18.9. The first-order chi connectivity index (χ1) is 17.2. The smallest absolute Gasteiger partial charge is 0.374 e. The van der Waals surface area contributed by atoms with E-state index in [1.807, 2.05) is 0 Å². The van der Waals surface area contributed by atoms with Crippen LogP contribution in [0.3, 0.4) is 0 Å². The fraction of sp³-hybridized carbons (Fsp3) is 0.435. The number of carbonyl (C=O) groups is 1. The summed E-state index contributed by atoms with van der Waals surface area (Å²) in [4.78, 5) is 18.0. The van der Waals surface area contributed by atoms with Crippen molar-refractivity contribution >= 4 is 34.6 Å². The predicted molar refractivity (Wildman–Crippen MR) is 120 cm³/mol. The monoisotopic (exact) mass is 567 g/mol. The van der Waals surface area contributed by atoms with E-state index in [2.05, 4.69) is 16.5 Å².